The van der Waals surface area contributed by atoms with Gasteiger partial charge in [0, 0.05) is 12.3 Å². The molecule has 0 aromatic heterocycles. The van der Waals surface area contributed by atoms with Crippen LogP contribution in [0.2, 0.25) is 0 Å². The molecule has 0 saturated heterocycles. The molecule has 4 saturated carbocycles. The molecule has 4 fully saturated rings. The second kappa shape index (κ2) is 4.58. The van der Waals surface area contributed by atoms with Gasteiger partial charge in [0.2, 0.25) is 0 Å². The Morgan fingerprint density at radius 3 is 2.55 bits per heavy atom. The molecule has 1 nitrogen and oxygen atoms in total. The van der Waals surface area contributed by atoms with Gasteiger partial charge in [0.25, 0.3) is 0 Å². The van der Waals surface area contributed by atoms with E-state index in [-0.39, 0.29) is 0 Å². The van der Waals surface area contributed by atoms with Crippen molar-refractivity contribution < 1.29 is 4.79 Å². The first-order valence-corrected chi connectivity index (χ1v) is 9.10. The quantitative estimate of drug-likeness (QED) is 0.617. The van der Waals surface area contributed by atoms with Crippen LogP contribution >= 0.6 is 0 Å². The summed E-state index contributed by atoms with van der Waals surface area (Å²) in [4.78, 5) is 12.1. The molecule has 0 amide bonds. The molecule has 1 heteroatoms. The molecule has 4 aliphatic rings. The highest BCUT2D eigenvalue weighted by Crippen LogP contribution is 2.61. The summed E-state index contributed by atoms with van der Waals surface area (Å²) in [5, 5.41) is 0. The van der Waals surface area contributed by atoms with Gasteiger partial charge in [-0.05, 0) is 73.5 Å². The van der Waals surface area contributed by atoms with E-state index in [2.05, 4.69) is 13.8 Å². The van der Waals surface area contributed by atoms with E-state index in [1.807, 2.05) is 0 Å². The number of carbonyl (C=O) groups excluding carboxylic acids is 1. The lowest BCUT2D eigenvalue weighted by Crippen LogP contribution is -2.49. The summed E-state index contributed by atoms with van der Waals surface area (Å²) >= 11 is 0. The molecule has 6 atom stereocenters. The van der Waals surface area contributed by atoms with Gasteiger partial charge in [-0.3, -0.25) is 4.79 Å². The van der Waals surface area contributed by atoms with Gasteiger partial charge < -0.3 is 0 Å². The van der Waals surface area contributed by atoms with Crippen molar-refractivity contribution >= 4 is 5.78 Å². The zero-order valence-corrected chi connectivity index (χ0v) is 13.2. The van der Waals surface area contributed by atoms with E-state index in [0.29, 0.717) is 17.1 Å². The molecule has 0 N–H and O–H groups in total. The van der Waals surface area contributed by atoms with Crippen molar-refractivity contribution in [1.82, 2.24) is 0 Å². The lowest BCUT2D eigenvalue weighted by Gasteiger charge is -2.57. The van der Waals surface area contributed by atoms with Gasteiger partial charge in [0.15, 0.2) is 0 Å². The summed E-state index contributed by atoms with van der Waals surface area (Å²) in [6, 6.07) is 0. The third-order valence-corrected chi connectivity index (χ3v) is 7.70. The van der Waals surface area contributed by atoms with Crippen molar-refractivity contribution in [3.8, 4) is 0 Å². The lowest BCUT2D eigenvalue weighted by molar-refractivity contribution is -0.126. The van der Waals surface area contributed by atoms with Crippen molar-refractivity contribution in [3.05, 3.63) is 0 Å². The van der Waals surface area contributed by atoms with Crippen LogP contribution in [0.5, 0.6) is 0 Å². The van der Waals surface area contributed by atoms with Crippen molar-refractivity contribution in [3.63, 3.8) is 0 Å². The standard InChI is InChI=1S/C19H30O/c1-19(2)11-3-4-12-5-6-14-13-9-10-17(20)15(13)7-8-16(14)18(12)19/h12-16,18H,3-11H2,1-2H3. The summed E-state index contributed by atoms with van der Waals surface area (Å²) in [6.45, 7) is 5.08. The van der Waals surface area contributed by atoms with Crippen molar-refractivity contribution in [2.75, 3.05) is 0 Å². The monoisotopic (exact) mass is 274 g/mol. The van der Waals surface area contributed by atoms with Crippen LogP contribution < -0.4 is 0 Å². The number of fused-ring (bicyclic) bond motifs is 5. The Balaban J connectivity index is 1.63. The van der Waals surface area contributed by atoms with Crippen molar-refractivity contribution in [2.45, 2.75) is 71.6 Å². The van der Waals surface area contributed by atoms with E-state index >= 15 is 0 Å². The Labute approximate surface area is 123 Å². The van der Waals surface area contributed by atoms with Gasteiger partial charge >= 0.3 is 0 Å². The predicted octanol–water partition coefficient (Wildman–Crippen LogP) is 4.84. The van der Waals surface area contributed by atoms with Gasteiger partial charge in [-0.15, -0.1) is 0 Å². The highest BCUT2D eigenvalue weighted by atomic mass is 16.1. The van der Waals surface area contributed by atoms with E-state index in [9.17, 15) is 4.79 Å². The summed E-state index contributed by atoms with van der Waals surface area (Å²) < 4.78 is 0. The summed E-state index contributed by atoms with van der Waals surface area (Å²) in [5.74, 6) is 5.69. The first-order chi connectivity index (χ1) is 9.58. The maximum Gasteiger partial charge on any atom is 0.136 e. The van der Waals surface area contributed by atoms with E-state index < -0.39 is 0 Å². The molecule has 0 heterocycles. The van der Waals surface area contributed by atoms with Gasteiger partial charge in [-0.1, -0.05) is 26.7 Å². The minimum absolute atomic E-state index is 0.472. The van der Waals surface area contributed by atoms with E-state index in [1.165, 1.54) is 51.4 Å². The Morgan fingerprint density at radius 2 is 1.70 bits per heavy atom. The number of hydrogen-bond donors (Lipinski definition) is 0. The Bertz CT molecular complexity index is 410. The number of carbonyl (C=O) groups is 1. The Hall–Kier alpha value is -0.330. The van der Waals surface area contributed by atoms with Gasteiger partial charge in [0.05, 0.1) is 0 Å². The zero-order valence-electron chi connectivity index (χ0n) is 13.2. The molecular weight excluding hydrogens is 244 g/mol. The molecule has 6 unspecified atom stereocenters. The third kappa shape index (κ3) is 1.84. The number of Topliss-reactive ketones (excluding diaryl/α,β-unsaturated/α-hetero) is 1. The van der Waals surface area contributed by atoms with Crippen LogP contribution in [0.4, 0.5) is 0 Å². The molecular formula is C19H30O. The minimum Gasteiger partial charge on any atom is -0.299 e. The predicted molar refractivity (Wildman–Crippen MR) is 81.3 cm³/mol. The van der Waals surface area contributed by atoms with Crippen LogP contribution in [0.1, 0.15) is 71.6 Å². The van der Waals surface area contributed by atoms with Gasteiger partial charge in [-0.25, -0.2) is 0 Å². The van der Waals surface area contributed by atoms with E-state index in [4.69, 9.17) is 0 Å². The Kier molecular flexibility index (Phi) is 3.06. The van der Waals surface area contributed by atoms with Crippen LogP contribution in [0.15, 0.2) is 0 Å². The summed E-state index contributed by atoms with van der Waals surface area (Å²) in [5.41, 5.74) is 0.557. The molecule has 0 aliphatic heterocycles. The van der Waals surface area contributed by atoms with Crippen molar-refractivity contribution in [2.24, 2.45) is 40.9 Å². The summed E-state index contributed by atoms with van der Waals surface area (Å²) in [7, 11) is 0. The average molecular weight is 274 g/mol. The molecule has 0 bridgehead atoms. The molecule has 4 rings (SSSR count). The SMILES string of the molecule is CC1(C)CCCC2CCC3C4CCC(=O)C4CCC3C21. The third-order valence-electron chi connectivity index (χ3n) is 7.70. The van der Waals surface area contributed by atoms with Crippen LogP contribution in [0.3, 0.4) is 0 Å². The van der Waals surface area contributed by atoms with Gasteiger partial charge in [0.1, 0.15) is 5.78 Å². The van der Waals surface area contributed by atoms with Crippen LogP contribution in [-0.4, -0.2) is 5.78 Å². The fourth-order valence-electron chi connectivity index (χ4n) is 7.06. The first-order valence-electron chi connectivity index (χ1n) is 9.10. The maximum absolute atomic E-state index is 12.1. The number of rotatable bonds is 0. The molecule has 20 heavy (non-hydrogen) atoms. The van der Waals surface area contributed by atoms with Crippen LogP contribution in [0, 0.1) is 40.9 Å². The van der Waals surface area contributed by atoms with Gasteiger partial charge in [-0.2, -0.15) is 0 Å². The summed E-state index contributed by atoms with van der Waals surface area (Å²) in [6.07, 6.45) is 12.0. The minimum atomic E-state index is 0.472. The number of ketones is 1. The zero-order chi connectivity index (χ0) is 13.9. The first kappa shape index (κ1) is 13.3. The maximum atomic E-state index is 12.1. The molecule has 0 spiro atoms. The largest absolute Gasteiger partial charge is 0.299 e. The van der Waals surface area contributed by atoms with Crippen molar-refractivity contribution in [1.29, 1.82) is 0 Å². The van der Waals surface area contributed by atoms with E-state index in [1.54, 1.807) is 0 Å². The normalized spacial score (nSPS) is 50.2. The molecule has 112 valence electrons. The second-order valence-electron chi connectivity index (χ2n) is 8.92. The highest BCUT2D eigenvalue weighted by molar-refractivity contribution is 5.83. The van der Waals surface area contributed by atoms with Crippen LogP contribution in [-0.2, 0) is 4.79 Å². The molecule has 0 aromatic rings. The molecule has 4 aliphatic carbocycles. The average Bonchev–Trinajstić information content (AvgIpc) is 2.79. The highest BCUT2D eigenvalue weighted by Gasteiger charge is 2.54. The van der Waals surface area contributed by atoms with E-state index in [0.717, 1.165) is 36.0 Å². The second-order valence-corrected chi connectivity index (χ2v) is 8.92. The van der Waals surface area contributed by atoms with Crippen LogP contribution in [0.25, 0.3) is 0 Å². The number of hydrogen-bond acceptors (Lipinski definition) is 1. The lowest BCUT2D eigenvalue weighted by atomic mass is 9.48. The molecule has 0 aromatic carbocycles. The molecule has 0 radical (unpaired) electrons. The fraction of sp³-hybridized carbons (Fsp3) is 0.947. The Morgan fingerprint density at radius 1 is 0.900 bits per heavy atom. The smallest absolute Gasteiger partial charge is 0.136 e. The fourth-order valence-corrected chi connectivity index (χ4v) is 7.06. The topological polar surface area (TPSA) is 17.1 Å².